The van der Waals surface area contributed by atoms with Crippen molar-refractivity contribution in [2.45, 2.75) is 31.1 Å². The van der Waals surface area contributed by atoms with Crippen LogP contribution in [0.25, 0.3) is 5.69 Å². The lowest BCUT2D eigenvalue weighted by Crippen LogP contribution is -2.12. The van der Waals surface area contributed by atoms with Gasteiger partial charge in [0.25, 0.3) is 0 Å². The Bertz CT molecular complexity index is 642. The monoisotopic (exact) mass is 271 g/mol. The second kappa shape index (κ2) is 4.89. The number of hydrogen-bond acceptors (Lipinski definition) is 2. The van der Waals surface area contributed by atoms with Crippen LogP contribution in [0.4, 0.5) is 0 Å². The van der Waals surface area contributed by atoms with E-state index in [9.17, 15) is 4.79 Å². The molecule has 98 valence electrons. The van der Waals surface area contributed by atoms with Crippen LogP contribution in [-0.2, 0) is 6.42 Å². The first-order valence-corrected chi connectivity index (χ1v) is 7.82. The van der Waals surface area contributed by atoms with E-state index < -0.39 is 0 Å². The van der Waals surface area contributed by atoms with E-state index in [1.54, 1.807) is 11.8 Å². The van der Waals surface area contributed by atoms with Crippen molar-refractivity contribution in [3.8, 4) is 5.69 Å². The van der Waals surface area contributed by atoms with Crippen LogP contribution < -0.4 is 0 Å². The summed E-state index contributed by atoms with van der Waals surface area (Å²) in [7, 11) is 0. The Morgan fingerprint density at radius 2 is 2.05 bits per heavy atom. The summed E-state index contributed by atoms with van der Waals surface area (Å²) in [6.07, 6.45) is 4.75. The number of rotatable bonds is 2. The van der Waals surface area contributed by atoms with E-state index in [0.29, 0.717) is 12.2 Å². The summed E-state index contributed by atoms with van der Waals surface area (Å²) in [6.45, 7) is 2.08. The molecule has 1 aromatic heterocycles. The average molecular weight is 271 g/mol. The predicted molar refractivity (Wildman–Crippen MR) is 79.6 cm³/mol. The van der Waals surface area contributed by atoms with Crippen molar-refractivity contribution < 1.29 is 4.79 Å². The predicted octanol–water partition coefficient (Wildman–Crippen LogP) is 4.03. The van der Waals surface area contributed by atoms with Crippen molar-refractivity contribution in [1.82, 2.24) is 4.57 Å². The first-order chi connectivity index (χ1) is 9.20. The Hall–Kier alpha value is -1.48. The normalized spacial score (nSPS) is 14.5. The molecule has 1 heterocycles. The highest BCUT2D eigenvalue weighted by molar-refractivity contribution is 7.98. The number of aromatic nitrogens is 1. The minimum atomic E-state index is 0.295. The topological polar surface area (TPSA) is 22.0 Å². The van der Waals surface area contributed by atoms with Gasteiger partial charge in [-0.25, -0.2) is 0 Å². The summed E-state index contributed by atoms with van der Waals surface area (Å²) >= 11 is 1.74. The number of thioether (sulfide) groups is 1. The number of aryl methyl sites for hydroxylation is 1. The van der Waals surface area contributed by atoms with Crippen LogP contribution in [0, 0.1) is 6.92 Å². The number of benzene rings is 1. The first kappa shape index (κ1) is 12.5. The third-order valence-corrected chi connectivity index (χ3v) is 4.44. The second-order valence-corrected chi connectivity index (χ2v) is 5.84. The van der Waals surface area contributed by atoms with Crippen LogP contribution in [0.5, 0.6) is 0 Å². The molecule has 2 aromatic rings. The summed E-state index contributed by atoms with van der Waals surface area (Å²) in [5.41, 5.74) is 4.43. The molecule has 1 aliphatic rings. The summed E-state index contributed by atoms with van der Waals surface area (Å²) in [5, 5.41) is 0. The average Bonchev–Trinajstić information content (AvgIpc) is 2.77. The van der Waals surface area contributed by atoms with Gasteiger partial charge in [-0.15, -0.1) is 11.8 Å². The molecule has 0 radical (unpaired) electrons. The largest absolute Gasteiger partial charge is 0.317 e. The molecule has 0 aliphatic heterocycles. The maximum Gasteiger partial charge on any atom is 0.164 e. The number of carbonyl (C=O) groups excluding carboxylic acids is 1. The fourth-order valence-corrected chi connectivity index (χ4v) is 3.29. The van der Waals surface area contributed by atoms with E-state index >= 15 is 0 Å². The maximum absolute atomic E-state index is 12.0. The van der Waals surface area contributed by atoms with Crippen molar-refractivity contribution in [2.75, 3.05) is 6.26 Å². The molecule has 0 fully saturated rings. The third-order valence-electron chi connectivity index (χ3n) is 3.72. The van der Waals surface area contributed by atoms with Crippen LogP contribution in [0.1, 0.15) is 34.6 Å². The summed E-state index contributed by atoms with van der Waals surface area (Å²) < 4.78 is 2.24. The number of fused-ring (bicyclic) bond motifs is 1. The number of ketones is 1. The highest BCUT2D eigenvalue weighted by Crippen LogP contribution is 2.29. The zero-order valence-electron chi connectivity index (χ0n) is 11.3. The van der Waals surface area contributed by atoms with Gasteiger partial charge in [0, 0.05) is 34.0 Å². The fraction of sp³-hybridized carbons (Fsp3) is 0.312. The van der Waals surface area contributed by atoms with Crippen LogP contribution >= 0.6 is 11.8 Å². The van der Waals surface area contributed by atoms with Gasteiger partial charge in [-0.05, 0) is 50.3 Å². The van der Waals surface area contributed by atoms with Gasteiger partial charge in [-0.2, -0.15) is 0 Å². The SMILES string of the molecule is CSc1cccc(-n2c(C)cc3c2CCCC3=O)c1. The zero-order chi connectivity index (χ0) is 13.4. The molecular formula is C16H17NOS. The molecule has 19 heavy (non-hydrogen) atoms. The van der Waals surface area contributed by atoms with Gasteiger partial charge in [0.15, 0.2) is 5.78 Å². The lowest BCUT2D eigenvalue weighted by atomic mass is 9.96. The summed E-state index contributed by atoms with van der Waals surface area (Å²) in [6, 6.07) is 10.5. The fourth-order valence-electron chi connectivity index (χ4n) is 2.84. The molecule has 1 aromatic carbocycles. The Kier molecular flexibility index (Phi) is 3.23. The molecule has 0 spiro atoms. The number of Topliss-reactive ketones (excluding diaryl/α,β-unsaturated/α-hetero) is 1. The van der Waals surface area contributed by atoms with Gasteiger partial charge in [-0.1, -0.05) is 6.07 Å². The van der Waals surface area contributed by atoms with Crippen molar-refractivity contribution in [2.24, 2.45) is 0 Å². The van der Waals surface area contributed by atoms with Crippen molar-refractivity contribution >= 4 is 17.5 Å². The maximum atomic E-state index is 12.0. The van der Waals surface area contributed by atoms with Crippen LogP contribution in [0.2, 0.25) is 0 Å². The molecule has 3 rings (SSSR count). The van der Waals surface area contributed by atoms with Crippen LogP contribution in [-0.4, -0.2) is 16.6 Å². The second-order valence-electron chi connectivity index (χ2n) is 4.96. The molecule has 0 atom stereocenters. The van der Waals surface area contributed by atoms with Crippen LogP contribution in [0.15, 0.2) is 35.2 Å². The number of carbonyl (C=O) groups is 1. The van der Waals surface area contributed by atoms with Crippen molar-refractivity contribution in [3.05, 3.63) is 47.3 Å². The molecule has 0 saturated heterocycles. The van der Waals surface area contributed by atoms with E-state index in [1.807, 2.05) is 6.07 Å². The van der Waals surface area contributed by atoms with Gasteiger partial charge in [-0.3, -0.25) is 4.79 Å². The molecule has 1 aliphatic carbocycles. The number of nitrogens with zero attached hydrogens (tertiary/aromatic N) is 1. The van der Waals surface area contributed by atoms with E-state index in [2.05, 4.69) is 42.0 Å². The van der Waals surface area contributed by atoms with Crippen molar-refractivity contribution in [1.29, 1.82) is 0 Å². The Labute approximate surface area is 117 Å². The van der Waals surface area contributed by atoms with Crippen molar-refractivity contribution in [3.63, 3.8) is 0 Å². The van der Waals surface area contributed by atoms with E-state index in [0.717, 1.165) is 24.1 Å². The summed E-state index contributed by atoms with van der Waals surface area (Å²) in [5.74, 6) is 0.295. The molecule has 3 heteroatoms. The highest BCUT2D eigenvalue weighted by Gasteiger charge is 2.23. The lowest BCUT2D eigenvalue weighted by Gasteiger charge is -2.16. The smallest absolute Gasteiger partial charge is 0.164 e. The van der Waals surface area contributed by atoms with Gasteiger partial charge in [0.2, 0.25) is 0 Å². The molecule has 0 amide bonds. The zero-order valence-corrected chi connectivity index (χ0v) is 12.1. The molecule has 2 nitrogen and oxygen atoms in total. The van der Waals surface area contributed by atoms with Gasteiger partial charge >= 0.3 is 0 Å². The van der Waals surface area contributed by atoms with Crippen LogP contribution in [0.3, 0.4) is 0 Å². The summed E-state index contributed by atoms with van der Waals surface area (Å²) in [4.78, 5) is 13.2. The minimum absolute atomic E-state index is 0.295. The molecular weight excluding hydrogens is 254 g/mol. The minimum Gasteiger partial charge on any atom is -0.317 e. The quantitative estimate of drug-likeness (QED) is 0.769. The Morgan fingerprint density at radius 1 is 1.21 bits per heavy atom. The Balaban J connectivity index is 2.17. The third kappa shape index (κ3) is 2.12. The Morgan fingerprint density at radius 3 is 2.84 bits per heavy atom. The van der Waals surface area contributed by atoms with Gasteiger partial charge < -0.3 is 4.57 Å². The highest BCUT2D eigenvalue weighted by atomic mass is 32.2. The number of hydrogen-bond donors (Lipinski definition) is 0. The molecule has 0 bridgehead atoms. The lowest BCUT2D eigenvalue weighted by molar-refractivity contribution is 0.0972. The van der Waals surface area contributed by atoms with E-state index in [1.165, 1.54) is 16.3 Å². The van der Waals surface area contributed by atoms with Gasteiger partial charge in [0.1, 0.15) is 0 Å². The van der Waals surface area contributed by atoms with E-state index in [4.69, 9.17) is 0 Å². The van der Waals surface area contributed by atoms with Gasteiger partial charge in [0.05, 0.1) is 0 Å². The molecule has 0 N–H and O–H groups in total. The molecule has 0 saturated carbocycles. The standard InChI is InChI=1S/C16H17NOS/c1-11-9-14-15(7-4-8-16(14)18)17(11)12-5-3-6-13(10-12)19-2/h3,5-6,9-10H,4,7-8H2,1-2H3. The molecule has 0 unspecified atom stereocenters. The first-order valence-electron chi connectivity index (χ1n) is 6.59. The van der Waals surface area contributed by atoms with E-state index in [-0.39, 0.29) is 0 Å².